The number of benzene rings is 2. The number of hydrogen-bond acceptors (Lipinski definition) is 2. The summed E-state index contributed by atoms with van der Waals surface area (Å²) in [5.74, 6) is 0. The first kappa shape index (κ1) is 11.8. The molecular weight excluding hydrogens is 252 g/mol. The van der Waals surface area contributed by atoms with Crippen LogP contribution in [0.1, 0.15) is 11.1 Å². The lowest BCUT2D eigenvalue weighted by Gasteiger charge is -2.06. The maximum atomic E-state index is 5.51. The van der Waals surface area contributed by atoms with E-state index in [1.165, 1.54) is 0 Å². The molecule has 3 aromatic rings. The van der Waals surface area contributed by atoms with Crippen LogP contribution >= 0.6 is 12.2 Å². The molecule has 0 saturated heterocycles. The highest BCUT2D eigenvalue weighted by Crippen LogP contribution is 2.14. The van der Waals surface area contributed by atoms with Gasteiger partial charge < -0.3 is 0 Å². The molecule has 0 spiro atoms. The second-order valence-electron chi connectivity index (χ2n) is 4.19. The van der Waals surface area contributed by atoms with Crippen molar-refractivity contribution in [3.8, 4) is 5.69 Å². The number of hydrogen-bond donors (Lipinski definition) is 0. The Labute approximate surface area is 117 Å². The minimum Gasteiger partial charge on any atom is -0.241 e. The van der Waals surface area contributed by atoms with Crippen LogP contribution in [0.3, 0.4) is 0 Å². The molecule has 19 heavy (non-hydrogen) atoms. The minimum absolute atomic E-state index is 0.868. The van der Waals surface area contributed by atoms with E-state index in [-0.39, 0.29) is 0 Å². The smallest absolute Gasteiger partial charge is 0.0645 e. The lowest BCUT2D eigenvalue weighted by Crippen LogP contribution is -2.00. The van der Waals surface area contributed by atoms with Gasteiger partial charge in [-0.3, -0.25) is 0 Å². The Morgan fingerprint density at radius 3 is 2.16 bits per heavy atom. The van der Waals surface area contributed by atoms with Crippen LogP contribution in [0.15, 0.2) is 73.1 Å². The number of rotatable bonds is 3. The van der Waals surface area contributed by atoms with E-state index < -0.39 is 0 Å². The molecule has 0 atom stereocenters. The van der Waals surface area contributed by atoms with Crippen LogP contribution in [0.4, 0.5) is 0 Å². The lowest BCUT2D eigenvalue weighted by atomic mass is 10.0. The molecule has 0 fully saturated rings. The van der Waals surface area contributed by atoms with Gasteiger partial charge in [-0.2, -0.15) is 5.10 Å². The van der Waals surface area contributed by atoms with Crippen molar-refractivity contribution in [2.45, 2.75) is 0 Å². The predicted octanol–water partition coefficient (Wildman–Crippen LogP) is 3.64. The quantitative estimate of drug-likeness (QED) is 0.531. The van der Waals surface area contributed by atoms with Crippen molar-refractivity contribution in [2.75, 3.05) is 0 Å². The average Bonchev–Trinajstić information content (AvgIpc) is 3.02. The molecule has 0 amide bonds. The summed E-state index contributed by atoms with van der Waals surface area (Å²) >= 11 is 5.51. The monoisotopic (exact) mass is 264 g/mol. The van der Waals surface area contributed by atoms with Crippen LogP contribution in [-0.2, 0) is 0 Å². The molecule has 0 bridgehead atoms. The van der Waals surface area contributed by atoms with Crippen LogP contribution < -0.4 is 0 Å². The molecule has 92 valence electrons. The van der Waals surface area contributed by atoms with Gasteiger partial charge in [-0.15, -0.1) is 0 Å². The maximum Gasteiger partial charge on any atom is 0.0645 e. The number of nitrogens with zero attached hydrogens (tertiary/aromatic N) is 2. The molecule has 1 heterocycles. The Hall–Kier alpha value is -2.26. The van der Waals surface area contributed by atoms with Gasteiger partial charge in [0.05, 0.1) is 10.6 Å². The zero-order valence-corrected chi connectivity index (χ0v) is 11.0. The molecule has 1 aromatic heterocycles. The van der Waals surface area contributed by atoms with E-state index in [2.05, 4.69) is 5.10 Å². The van der Waals surface area contributed by atoms with Crippen LogP contribution in [0.5, 0.6) is 0 Å². The highest BCUT2D eigenvalue weighted by molar-refractivity contribution is 7.81. The van der Waals surface area contributed by atoms with Crippen LogP contribution in [0, 0.1) is 0 Å². The third kappa shape index (κ3) is 2.46. The summed E-state index contributed by atoms with van der Waals surface area (Å²) in [5.41, 5.74) is 3.16. The second kappa shape index (κ2) is 5.16. The van der Waals surface area contributed by atoms with Crippen LogP contribution in [-0.4, -0.2) is 14.6 Å². The third-order valence-electron chi connectivity index (χ3n) is 2.93. The van der Waals surface area contributed by atoms with Gasteiger partial charge in [0.15, 0.2) is 0 Å². The fourth-order valence-corrected chi connectivity index (χ4v) is 2.22. The van der Waals surface area contributed by atoms with E-state index in [4.69, 9.17) is 12.2 Å². The van der Waals surface area contributed by atoms with E-state index >= 15 is 0 Å². The number of aromatic nitrogens is 2. The molecular formula is C16H12N2S. The van der Waals surface area contributed by atoms with Gasteiger partial charge in [0.25, 0.3) is 0 Å². The van der Waals surface area contributed by atoms with Gasteiger partial charge in [-0.25, -0.2) is 4.68 Å². The molecule has 0 aliphatic rings. The Morgan fingerprint density at radius 2 is 1.53 bits per heavy atom. The van der Waals surface area contributed by atoms with Crippen molar-refractivity contribution < 1.29 is 0 Å². The van der Waals surface area contributed by atoms with Gasteiger partial charge >= 0.3 is 0 Å². The topological polar surface area (TPSA) is 17.8 Å². The summed E-state index contributed by atoms with van der Waals surface area (Å²) in [6, 6.07) is 20.1. The fraction of sp³-hybridized carbons (Fsp3) is 0. The standard InChI is InChI=1S/C16H12N2S/c19-16(13-5-2-1-3-6-13)14-7-9-15(10-8-14)18-12-4-11-17-18/h1-12H. The molecule has 0 aliphatic carbocycles. The molecule has 2 nitrogen and oxygen atoms in total. The maximum absolute atomic E-state index is 5.51. The predicted molar refractivity (Wildman–Crippen MR) is 80.8 cm³/mol. The summed E-state index contributed by atoms with van der Waals surface area (Å²) in [5, 5.41) is 4.20. The molecule has 3 heteroatoms. The first-order valence-corrected chi connectivity index (χ1v) is 6.45. The molecule has 0 radical (unpaired) electrons. The van der Waals surface area contributed by atoms with Gasteiger partial charge in [-0.1, -0.05) is 54.7 Å². The molecule has 0 aliphatic heterocycles. The minimum atomic E-state index is 0.868. The summed E-state index contributed by atoms with van der Waals surface area (Å²) in [6.07, 6.45) is 3.69. The Morgan fingerprint density at radius 1 is 0.842 bits per heavy atom. The van der Waals surface area contributed by atoms with Crippen molar-refractivity contribution in [3.05, 3.63) is 84.2 Å². The summed E-state index contributed by atoms with van der Waals surface area (Å²) < 4.78 is 1.83. The van der Waals surface area contributed by atoms with Crippen LogP contribution in [0.25, 0.3) is 5.69 Å². The van der Waals surface area contributed by atoms with Gasteiger partial charge in [-0.05, 0) is 29.3 Å². The van der Waals surface area contributed by atoms with Crippen molar-refractivity contribution in [3.63, 3.8) is 0 Å². The largest absolute Gasteiger partial charge is 0.241 e. The van der Waals surface area contributed by atoms with Crippen molar-refractivity contribution in [2.24, 2.45) is 0 Å². The van der Waals surface area contributed by atoms with E-state index in [0.29, 0.717) is 0 Å². The normalized spacial score (nSPS) is 10.3. The average molecular weight is 264 g/mol. The van der Waals surface area contributed by atoms with Crippen molar-refractivity contribution in [1.29, 1.82) is 0 Å². The zero-order valence-electron chi connectivity index (χ0n) is 10.2. The first-order chi connectivity index (χ1) is 9.34. The Kier molecular flexibility index (Phi) is 3.21. The highest BCUT2D eigenvalue weighted by atomic mass is 32.1. The van der Waals surface area contributed by atoms with E-state index in [0.717, 1.165) is 21.7 Å². The summed E-state index contributed by atoms with van der Waals surface area (Å²) in [7, 11) is 0. The van der Waals surface area contributed by atoms with E-state index in [1.807, 2.05) is 71.5 Å². The summed E-state index contributed by atoms with van der Waals surface area (Å²) in [4.78, 5) is 0.868. The van der Waals surface area contributed by atoms with E-state index in [9.17, 15) is 0 Å². The Balaban J connectivity index is 1.89. The third-order valence-corrected chi connectivity index (χ3v) is 3.41. The van der Waals surface area contributed by atoms with E-state index in [1.54, 1.807) is 6.20 Å². The Bertz CT molecular complexity index is 671. The van der Waals surface area contributed by atoms with Crippen LogP contribution in [0.2, 0.25) is 0 Å². The highest BCUT2D eigenvalue weighted by Gasteiger charge is 2.04. The fourth-order valence-electron chi connectivity index (χ4n) is 1.94. The molecule has 0 N–H and O–H groups in total. The lowest BCUT2D eigenvalue weighted by molar-refractivity contribution is 0.880. The molecule has 3 rings (SSSR count). The SMILES string of the molecule is S=C(c1ccccc1)c1ccc(-n2cccn2)cc1. The zero-order chi connectivity index (χ0) is 13.1. The van der Waals surface area contributed by atoms with Gasteiger partial charge in [0.2, 0.25) is 0 Å². The van der Waals surface area contributed by atoms with Crippen molar-refractivity contribution in [1.82, 2.24) is 9.78 Å². The molecule has 2 aromatic carbocycles. The summed E-state index contributed by atoms with van der Waals surface area (Å²) in [6.45, 7) is 0. The first-order valence-electron chi connectivity index (χ1n) is 6.04. The molecule has 0 unspecified atom stereocenters. The van der Waals surface area contributed by atoms with Crippen molar-refractivity contribution >= 4 is 17.1 Å². The second-order valence-corrected chi connectivity index (χ2v) is 4.60. The van der Waals surface area contributed by atoms with Gasteiger partial charge in [0, 0.05) is 12.4 Å². The van der Waals surface area contributed by atoms with Gasteiger partial charge in [0.1, 0.15) is 0 Å². The number of thiocarbonyl (C=S) groups is 1. The molecule has 0 saturated carbocycles.